The molecule has 2 rings (SSSR count). The van der Waals surface area contributed by atoms with E-state index in [1.165, 1.54) is 12.8 Å². The van der Waals surface area contributed by atoms with Gasteiger partial charge in [0.2, 0.25) is 0 Å². The van der Waals surface area contributed by atoms with Gasteiger partial charge in [0.25, 0.3) is 0 Å². The molecule has 1 unspecified atom stereocenters. The van der Waals surface area contributed by atoms with Crippen molar-refractivity contribution < 1.29 is 4.52 Å². The molecule has 0 amide bonds. The number of aromatic nitrogens is 1. The van der Waals surface area contributed by atoms with Crippen LogP contribution in [0, 0.1) is 5.92 Å². The third kappa shape index (κ3) is 1.79. The first-order valence-electron chi connectivity index (χ1n) is 4.02. The van der Waals surface area contributed by atoms with Crippen molar-refractivity contribution in [1.82, 2.24) is 5.16 Å². The second-order valence-corrected chi connectivity index (χ2v) is 3.10. The number of rotatable bonds is 3. The van der Waals surface area contributed by atoms with Crippen LogP contribution in [-0.4, -0.2) is 11.7 Å². The molecule has 0 saturated heterocycles. The molecule has 1 heterocycles. The highest BCUT2D eigenvalue weighted by Crippen LogP contribution is 2.41. The average molecular weight is 189 g/mol. The molecular formula is C8H13ClN2O. The summed E-state index contributed by atoms with van der Waals surface area (Å²) in [5.74, 6) is 1.21. The maximum absolute atomic E-state index is 5.62. The van der Waals surface area contributed by atoms with Crippen LogP contribution in [-0.2, 0) is 0 Å². The SMILES string of the molecule is Cl.NCC(c1ccon1)C1CC1. The zero-order valence-electron chi connectivity index (χ0n) is 6.77. The monoisotopic (exact) mass is 188 g/mol. The summed E-state index contributed by atoms with van der Waals surface area (Å²) in [5, 5.41) is 3.89. The van der Waals surface area contributed by atoms with Gasteiger partial charge < -0.3 is 10.3 Å². The van der Waals surface area contributed by atoms with Crippen LogP contribution in [0.2, 0.25) is 0 Å². The van der Waals surface area contributed by atoms with Crippen LogP contribution in [0.1, 0.15) is 24.5 Å². The van der Waals surface area contributed by atoms with Crippen molar-refractivity contribution in [3.63, 3.8) is 0 Å². The molecule has 68 valence electrons. The first-order chi connectivity index (χ1) is 5.42. The topological polar surface area (TPSA) is 52.0 Å². The van der Waals surface area contributed by atoms with Crippen LogP contribution >= 0.6 is 12.4 Å². The van der Waals surface area contributed by atoms with Gasteiger partial charge in [0.1, 0.15) is 6.26 Å². The number of hydrogen-bond acceptors (Lipinski definition) is 3. The number of nitrogens with zero attached hydrogens (tertiary/aromatic N) is 1. The zero-order valence-corrected chi connectivity index (χ0v) is 7.59. The van der Waals surface area contributed by atoms with E-state index in [4.69, 9.17) is 10.3 Å². The maximum Gasteiger partial charge on any atom is 0.124 e. The summed E-state index contributed by atoms with van der Waals surface area (Å²) < 4.78 is 4.77. The summed E-state index contributed by atoms with van der Waals surface area (Å²) in [7, 11) is 0. The minimum absolute atomic E-state index is 0. The Labute approximate surface area is 77.7 Å². The Morgan fingerprint density at radius 2 is 2.42 bits per heavy atom. The molecule has 1 aromatic rings. The molecule has 0 spiro atoms. The van der Waals surface area contributed by atoms with Crippen molar-refractivity contribution in [3.05, 3.63) is 18.0 Å². The quantitative estimate of drug-likeness (QED) is 0.783. The van der Waals surface area contributed by atoms with Crippen LogP contribution in [0.15, 0.2) is 16.9 Å². The van der Waals surface area contributed by atoms with Gasteiger partial charge in [-0.25, -0.2) is 0 Å². The molecule has 1 saturated carbocycles. The van der Waals surface area contributed by atoms with Gasteiger partial charge in [-0.05, 0) is 18.8 Å². The number of nitrogens with two attached hydrogens (primary N) is 1. The van der Waals surface area contributed by atoms with E-state index in [0.29, 0.717) is 12.5 Å². The Bertz CT molecular complexity index is 221. The summed E-state index contributed by atoms with van der Waals surface area (Å²) in [6.45, 7) is 0.692. The van der Waals surface area contributed by atoms with Crippen molar-refractivity contribution in [2.24, 2.45) is 11.7 Å². The molecule has 4 heteroatoms. The van der Waals surface area contributed by atoms with E-state index >= 15 is 0 Å². The molecule has 1 atom stereocenters. The second-order valence-electron chi connectivity index (χ2n) is 3.10. The van der Waals surface area contributed by atoms with E-state index in [9.17, 15) is 0 Å². The fourth-order valence-corrected chi connectivity index (χ4v) is 1.47. The van der Waals surface area contributed by atoms with Gasteiger partial charge in [-0.3, -0.25) is 0 Å². The largest absolute Gasteiger partial charge is 0.365 e. The van der Waals surface area contributed by atoms with Crippen molar-refractivity contribution in [2.45, 2.75) is 18.8 Å². The molecule has 0 aliphatic heterocycles. The Kier molecular flexibility index (Phi) is 3.12. The van der Waals surface area contributed by atoms with E-state index in [2.05, 4.69) is 5.16 Å². The molecule has 1 aromatic heterocycles. The summed E-state index contributed by atoms with van der Waals surface area (Å²) in [6, 6.07) is 1.91. The highest BCUT2D eigenvalue weighted by molar-refractivity contribution is 5.85. The maximum atomic E-state index is 5.62. The molecular weight excluding hydrogens is 176 g/mol. The van der Waals surface area contributed by atoms with Crippen LogP contribution in [0.4, 0.5) is 0 Å². The first kappa shape index (κ1) is 9.55. The molecule has 1 fully saturated rings. The van der Waals surface area contributed by atoms with Crippen molar-refractivity contribution in [3.8, 4) is 0 Å². The average Bonchev–Trinajstić information content (AvgIpc) is 2.68. The van der Waals surface area contributed by atoms with Crippen molar-refractivity contribution >= 4 is 12.4 Å². The minimum Gasteiger partial charge on any atom is -0.365 e. The van der Waals surface area contributed by atoms with E-state index in [-0.39, 0.29) is 12.4 Å². The first-order valence-corrected chi connectivity index (χ1v) is 4.02. The fourth-order valence-electron chi connectivity index (χ4n) is 1.47. The highest BCUT2D eigenvalue weighted by atomic mass is 35.5. The summed E-state index contributed by atoms with van der Waals surface area (Å²) in [5.41, 5.74) is 6.65. The number of halogens is 1. The van der Waals surface area contributed by atoms with Gasteiger partial charge in [0, 0.05) is 18.5 Å². The van der Waals surface area contributed by atoms with Crippen LogP contribution in [0.5, 0.6) is 0 Å². The molecule has 12 heavy (non-hydrogen) atoms. The van der Waals surface area contributed by atoms with E-state index < -0.39 is 0 Å². The minimum atomic E-state index is 0. The smallest absolute Gasteiger partial charge is 0.124 e. The molecule has 2 N–H and O–H groups in total. The fraction of sp³-hybridized carbons (Fsp3) is 0.625. The lowest BCUT2D eigenvalue weighted by molar-refractivity contribution is 0.400. The lowest BCUT2D eigenvalue weighted by atomic mass is 10.0. The normalized spacial score (nSPS) is 18.4. The van der Waals surface area contributed by atoms with Gasteiger partial charge in [-0.1, -0.05) is 5.16 Å². The standard InChI is InChI=1S/C8H12N2O.ClH/c9-5-7(6-1-2-6)8-3-4-11-10-8;/h3-4,6-7H,1-2,5,9H2;1H. The molecule has 1 aliphatic rings. The van der Waals surface area contributed by atoms with E-state index in [1.807, 2.05) is 6.07 Å². The second kappa shape index (κ2) is 3.92. The predicted molar refractivity (Wildman–Crippen MR) is 48.3 cm³/mol. The van der Waals surface area contributed by atoms with Crippen LogP contribution in [0.25, 0.3) is 0 Å². The predicted octanol–water partition coefficient (Wildman–Crippen LogP) is 1.55. The van der Waals surface area contributed by atoms with Crippen LogP contribution in [0.3, 0.4) is 0 Å². The summed E-state index contributed by atoms with van der Waals surface area (Å²) in [6.07, 6.45) is 4.21. The van der Waals surface area contributed by atoms with Gasteiger partial charge in [-0.15, -0.1) is 12.4 Å². The van der Waals surface area contributed by atoms with Gasteiger partial charge in [0.15, 0.2) is 0 Å². The molecule has 1 aliphatic carbocycles. The molecule has 3 nitrogen and oxygen atoms in total. The Hall–Kier alpha value is -0.540. The zero-order chi connectivity index (χ0) is 7.68. The Morgan fingerprint density at radius 3 is 2.83 bits per heavy atom. The van der Waals surface area contributed by atoms with Gasteiger partial charge in [-0.2, -0.15) is 0 Å². The lowest BCUT2D eigenvalue weighted by Crippen LogP contribution is -2.14. The third-order valence-corrected chi connectivity index (χ3v) is 2.28. The Morgan fingerprint density at radius 1 is 1.67 bits per heavy atom. The molecule has 0 bridgehead atoms. The highest BCUT2D eigenvalue weighted by Gasteiger charge is 2.32. The van der Waals surface area contributed by atoms with E-state index in [1.54, 1.807) is 6.26 Å². The van der Waals surface area contributed by atoms with E-state index in [0.717, 1.165) is 11.6 Å². The molecule has 0 radical (unpaired) electrons. The Balaban J connectivity index is 0.000000720. The van der Waals surface area contributed by atoms with Crippen LogP contribution < -0.4 is 5.73 Å². The lowest BCUT2D eigenvalue weighted by Gasteiger charge is -2.07. The summed E-state index contributed by atoms with van der Waals surface area (Å²) >= 11 is 0. The molecule has 0 aromatic carbocycles. The third-order valence-electron chi connectivity index (χ3n) is 2.28. The van der Waals surface area contributed by atoms with Crippen molar-refractivity contribution in [1.29, 1.82) is 0 Å². The number of hydrogen-bond donors (Lipinski definition) is 1. The summed E-state index contributed by atoms with van der Waals surface area (Å²) in [4.78, 5) is 0. The van der Waals surface area contributed by atoms with Gasteiger partial charge in [0.05, 0.1) is 5.69 Å². The van der Waals surface area contributed by atoms with Gasteiger partial charge >= 0.3 is 0 Å². The van der Waals surface area contributed by atoms with Crippen molar-refractivity contribution in [2.75, 3.05) is 6.54 Å².